The molecule has 0 aromatic heterocycles. The number of ether oxygens (including phenoxy) is 2. The molecule has 51 heavy (non-hydrogen) atoms. The number of amides is 3. The smallest absolute Gasteiger partial charge is 0.264 e. The van der Waals surface area contributed by atoms with E-state index in [0.717, 1.165) is 11.1 Å². The Morgan fingerprint density at radius 3 is 2.25 bits per heavy atom. The average molecular weight is 692 g/mol. The number of methoxy groups -OCH3 is 1. The average Bonchev–Trinajstić information content (AvgIpc) is 3.55. The van der Waals surface area contributed by atoms with Gasteiger partial charge in [0.1, 0.15) is 5.75 Å². The Hall–Kier alpha value is -5.03. The van der Waals surface area contributed by atoms with Crippen molar-refractivity contribution >= 4 is 29.1 Å². The van der Waals surface area contributed by atoms with Gasteiger partial charge in [0, 0.05) is 41.7 Å². The van der Waals surface area contributed by atoms with Gasteiger partial charge in [-0.3, -0.25) is 14.4 Å². The minimum Gasteiger partial charge on any atom is -0.497 e. The van der Waals surface area contributed by atoms with E-state index in [0.29, 0.717) is 34.8 Å². The third-order valence-electron chi connectivity index (χ3n) is 10.1. The second-order valence-electron chi connectivity index (χ2n) is 13.9. The zero-order valence-electron chi connectivity index (χ0n) is 29.4. The van der Waals surface area contributed by atoms with Gasteiger partial charge in [0.15, 0.2) is 5.60 Å². The molecule has 4 aromatic rings. The highest BCUT2D eigenvalue weighted by Gasteiger charge is 2.66. The van der Waals surface area contributed by atoms with Crippen LogP contribution in [0.3, 0.4) is 0 Å². The van der Waals surface area contributed by atoms with Gasteiger partial charge in [0.25, 0.3) is 11.8 Å². The number of rotatable bonds is 12. The molecule has 0 saturated carbocycles. The van der Waals surface area contributed by atoms with Crippen LogP contribution >= 0.6 is 0 Å². The van der Waals surface area contributed by atoms with Crippen molar-refractivity contribution < 1.29 is 34.1 Å². The minimum atomic E-state index is -1.42. The van der Waals surface area contributed by atoms with Crippen LogP contribution in [-0.4, -0.2) is 64.8 Å². The van der Waals surface area contributed by atoms with Gasteiger partial charge in [-0.1, -0.05) is 67.6 Å². The molecule has 4 aromatic carbocycles. The molecule has 10 nitrogen and oxygen atoms in total. The SMILES string of the molecule is COc1ccc(C(=O)Nc2ccc(CN3C(=O)[C@]4(O[C@H](CC(=O)N(CCO)Cc5ccccc5)[C@@H](C(C)(C)O)[C@@H]4C)c4ccccc43)cc2)cc1. The molecule has 266 valence electrons. The molecule has 0 bridgehead atoms. The molecule has 10 heteroatoms. The van der Waals surface area contributed by atoms with Crippen LogP contribution in [0.4, 0.5) is 11.4 Å². The van der Waals surface area contributed by atoms with Crippen molar-refractivity contribution in [2.24, 2.45) is 11.8 Å². The van der Waals surface area contributed by atoms with E-state index in [4.69, 9.17) is 9.47 Å². The first-order valence-corrected chi connectivity index (χ1v) is 17.2. The largest absolute Gasteiger partial charge is 0.497 e. The number of para-hydroxylation sites is 1. The van der Waals surface area contributed by atoms with Crippen LogP contribution in [0.25, 0.3) is 0 Å². The lowest BCUT2D eigenvalue weighted by Crippen LogP contribution is -2.46. The van der Waals surface area contributed by atoms with Crippen LogP contribution in [0, 0.1) is 11.8 Å². The van der Waals surface area contributed by atoms with Gasteiger partial charge in [-0.2, -0.15) is 0 Å². The summed E-state index contributed by atoms with van der Waals surface area (Å²) in [6.07, 6.45) is -0.831. The Labute approximate surface area is 298 Å². The molecule has 2 aliphatic rings. The first kappa shape index (κ1) is 35.8. The van der Waals surface area contributed by atoms with Crippen LogP contribution in [0.1, 0.15) is 54.2 Å². The molecule has 2 heterocycles. The fourth-order valence-corrected chi connectivity index (χ4v) is 7.73. The van der Waals surface area contributed by atoms with E-state index in [1.165, 1.54) is 0 Å². The number of aliphatic hydroxyl groups excluding tert-OH is 1. The summed E-state index contributed by atoms with van der Waals surface area (Å²) in [4.78, 5) is 44.7. The van der Waals surface area contributed by atoms with Crippen LogP contribution in [0.5, 0.6) is 5.75 Å². The zero-order valence-corrected chi connectivity index (χ0v) is 29.4. The highest BCUT2D eigenvalue weighted by molar-refractivity contribution is 6.07. The van der Waals surface area contributed by atoms with Crippen molar-refractivity contribution in [3.63, 3.8) is 0 Å². The van der Waals surface area contributed by atoms with E-state index in [9.17, 15) is 24.6 Å². The second-order valence-corrected chi connectivity index (χ2v) is 13.9. The Morgan fingerprint density at radius 1 is 0.941 bits per heavy atom. The minimum absolute atomic E-state index is 0.0628. The van der Waals surface area contributed by atoms with E-state index in [2.05, 4.69) is 5.32 Å². The maximum absolute atomic E-state index is 14.7. The van der Waals surface area contributed by atoms with Crippen molar-refractivity contribution in [1.82, 2.24) is 4.90 Å². The van der Waals surface area contributed by atoms with Crippen molar-refractivity contribution in [2.75, 3.05) is 30.5 Å². The molecule has 1 spiro atoms. The normalized spacial score (nSPS) is 21.1. The summed E-state index contributed by atoms with van der Waals surface area (Å²) in [6.45, 7) is 5.83. The van der Waals surface area contributed by atoms with E-state index in [-0.39, 0.29) is 43.8 Å². The molecular formula is C41H45N3O7. The highest BCUT2D eigenvalue weighted by atomic mass is 16.5. The fourth-order valence-electron chi connectivity index (χ4n) is 7.73. The topological polar surface area (TPSA) is 129 Å². The van der Waals surface area contributed by atoms with Crippen LogP contribution in [0.15, 0.2) is 103 Å². The highest BCUT2D eigenvalue weighted by Crippen LogP contribution is 2.58. The van der Waals surface area contributed by atoms with E-state index < -0.39 is 29.1 Å². The molecule has 0 radical (unpaired) electrons. The number of nitrogens with one attached hydrogen (secondary N) is 1. The third kappa shape index (κ3) is 7.12. The predicted molar refractivity (Wildman–Crippen MR) is 194 cm³/mol. The van der Waals surface area contributed by atoms with Gasteiger partial charge >= 0.3 is 0 Å². The molecule has 0 unspecified atom stereocenters. The Balaban J connectivity index is 1.23. The number of aliphatic hydroxyl groups is 2. The van der Waals surface area contributed by atoms with Crippen molar-refractivity contribution in [2.45, 2.75) is 57.6 Å². The summed E-state index contributed by atoms with van der Waals surface area (Å²) in [5, 5.41) is 24.2. The van der Waals surface area contributed by atoms with Gasteiger partial charge in [0.2, 0.25) is 5.91 Å². The van der Waals surface area contributed by atoms with Crippen LogP contribution < -0.4 is 15.0 Å². The summed E-state index contributed by atoms with van der Waals surface area (Å²) in [7, 11) is 1.57. The van der Waals surface area contributed by atoms with E-state index >= 15 is 0 Å². The molecule has 3 N–H and O–H groups in total. The second kappa shape index (κ2) is 14.7. The number of carbonyl (C=O) groups is 3. The molecular weight excluding hydrogens is 646 g/mol. The Kier molecular flexibility index (Phi) is 10.3. The van der Waals surface area contributed by atoms with Crippen LogP contribution in [-0.2, 0) is 33.0 Å². The van der Waals surface area contributed by atoms with Gasteiger partial charge in [-0.15, -0.1) is 0 Å². The maximum Gasteiger partial charge on any atom is 0.264 e. The predicted octanol–water partition coefficient (Wildman–Crippen LogP) is 5.52. The fraction of sp³-hybridized carbons (Fsp3) is 0.341. The maximum atomic E-state index is 14.7. The third-order valence-corrected chi connectivity index (χ3v) is 10.1. The van der Waals surface area contributed by atoms with Crippen LogP contribution in [0.2, 0.25) is 0 Å². The molecule has 4 atom stereocenters. The molecule has 3 amide bonds. The number of fused-ring (bicyclic) bond motifs is 2. The Morgan fingerprint density at radius 2 is 1.61 bits per heavy atom. The van der Waals surface area contributed by atoms with Gasteiger partial charge in [0.05, 0.1) is 44.1 Å². The molecule has 6 rings (SSSR count). The van der Waals surface area contributed by atoms with Crippen molar-refractivity contribution in [3.05, 3.63) is 125 Å². The lowest BCUT2D eigenvalue weighted by molar-refractivity contribution is -0.150. The molecule has 1 fully saturated rings. The quantitative estimate of drug-likeness (QED) is 0.179. The number of hydrogen-bond donors (Lipinski definition) is 3. The molecule has 2 aliphatic heterocycles. The summed E-state index contributed by atoms with van der Waals surface area (Å²) in [6, 6.07) is 31.3. The van der Waals surface area contributed by atoms with E-state index in [1.54, 1.807) is 67.2 Å². The first-order chi connectivity index (χ1) is 24.5. The number of benzene rings is 4. The molecule has 0 aliphatic carbocycles. The zero-order chi connectivity index (χ0) is 36.3. The lowest BCUT2D eigenvalue weighted by atomic mass is 9.71. The summed E-state index contributed by atoms with van der Waals surface area (Å²) in [5.41, 5.74) is 1.60. The lowest BCUT2D eigenvalue weighted by Gasteiger charge is -2.34. The molecule has 1 saturated heterocycles. The van der Waals surface area contributed by atoms with Gasteiger partial charge in [-0.05, 0) is 67.4 Å². The first-order valence-electron chi connectivity index (χ1n) is 17.2. The summed E-state index contributed by atoms with van der Waals surface area (Å²) < 4.78 is 12.0. The van der Waals surface area contributed by atoms with Gasteiger partial charge < -0.3 is 34.8 Å². The summed E-state index contributed by atoms with van der Waals surface area (Å²) in [5.74, 6) is -1.11. The Bertz CT molecular complexity index is 1860. The number of carbonyl (C=O) groups excluding carboxylic acids is 3. The number of hydrogen-bond acceptors (Lipinski definition) is 7. The van der Waals surface area contributed by atoms with Crippen molar-refractivity contribution in [1.29, 1.82) is 0 Å². The van der Waals surface area contributed by atoms with Gasteiger partial charge in [-0.25, -0.2) is 0 Å². The standard InChI is InChI=1S/C41H45N3O7/c1-27-37(40(2,3)49)35(24-36(46)43(22-23-45)25-28-10-6-5-7-11-28)51-41(27)33-12-8-9-13-34(33)44(39(41)48)26-29-14-18-31(19-15-29)42-38(47)30-16-20-32(50-4)21-17-30/h5-21,27,35,37,45,49H,22-26H2,1-4H3,(H,42,47)/t27-,35+,37-,41+/m0/s1. The van der Waals surface area contributed by atoms with E-state index in [1.807, 2.05) is 73.7 Å². The summed E-state index contributed by atoms with van der Waals surface area (Å²) >= 11 is 0. The number of anilines is 2. The number of nitrogens with zero attached hydrogens (tertiary/aromatic N) is 2. The van der Waals surface area contributed by atoms with Crippen molar-refractivity contribution in [3.8, 4) is 5.75 Å². The monoisotopic (exact) mass is 691 g/mol.